The summed E-state index contributed by atoms with van der Waals surface area (Å²) in [5.74, 6) is 2.42. The Morgan fingerprint density at radius 3 is 3.00 bits per heavy atom. The number of hydrogen-bond acceptors (Lipinski definition) is 4. The Bertz CT molecular complexity index is 800. The van der Waals surface area contributed by atoms with Crippen molar-refractivity contribution in [3.8, 4) is 11.5 Å². The van der Waals surface area contributed by atoms with Crippen LogP contribution < -0.4 is 5.73 Å². The van der Waals surface area contributed by atoms with Crippen molar-refractivity contribution < 1.29 is 0 Å². The Morgan fingerprint density at radius 2 is 2.14 bits per heavy atom. The van der Waals surface area contributed by atoms with Crippen LogP contribution in [0.3, 0.4) is 0 Å². The molecular weight excluding hydrogens is 264 g/mol. The van der Waals surface area contributed by atoms with Gasteiger partial charge in [0.2, 0.25) is 0 Å². The molecule has 0 fully saturated rings. The Labute approximate surface area is 122 Å². The highest BCUT2D eigenvalue weighted by atomic mass is 15.3. The lowest BCUT2D eigenvalue weighted by molar-refractivity contribution is 0.391. The maximum atomic E-state index is 5.78. The summed E-state index contributed by atoms with van der Waals surface area (Å²) in [4.78, 5) is 0. The van der Waals surface area contributed by atoms with E-state index in [1.54, 1.807) is 0 Å². The van der Waals surface area contributed by atoms with Crippen LogP contribution >= 0.6 is 0 Å². The Balaban J connectivity index is 1.86. The molecule has 1 aromatic carbocycles. The third-order valence-corrected chi connectivity index (χ3v) is 4.36. The molecule has 0 saturated carbocycles. The molecule has 1 aliphatic rings. The normalized spacial score (nSPS) is 18.1. The molecule has 3 heterocycles. The van der Waals surface area contributed by atoms with Crippen LogP contribution in [0.15, 0.2) is 24.3 Å². The van der Waals surface area contributed by atoms with E-state index in [9.17, 15) is 0 Å². The van der Waals surface area contributed by atoms with Gasteiger partial charge in [-0.25, -0.2) is 0 Å². The molecule has 2 aromatic heterocycles. The summed E-state index contributed by atoms with van der Waals surface area (Å²) in [6.45, 7) is 1.64. The molecule has 2 N–H and O–H groups in total. The van der Waals surface area contributed by atoms with Gasteiger partial charge in [-0.05, 0) is 24.9 Å². The minimum absolute atomic E-state index is 0.523. The number of fused-ring (bicyclic) bond motifs is 2. The first-order chi connectivity index (χ1) is 10.3. The van der Waals surface area contributed by atoms with Gasteiger partial charge >= 0.3 is 0 Å². The Morgan fingerprint density at radius 1 is 1.29 bits per heavy atom. The molecule has 0 saturated heterocycles. The molecule has 0 aliphatic carbocycles. The van der Waals surface area contributed by atoms with Crippen molar-refractivity contribution in [2.45, 2.75) is 19.4 Å². The molecule has 108 valence electrons. The number of nitrogens with zero attached hydrogens (tertiary/aromatic N) is 5. The predicted molar refractivity (Wildman–Crippen MR) is 80.6 cm³/mol. The Hall–Kier alpha value is -2.21. The molecule has 0 radical (unpaired) electrons. The van der Waals surface area contributed by atoms with Crippen LogP contribution in [0.5, 0.6) is 0 Å². The number of hydrogen-bond donors (Lipinski definition) is 1. The topological polar surface area (TPSA) is 74.5 Å². The fourth-order valence-corrected chi connectivity index (χ4v) is 3.15. The SMILES string of the molecule is Cn1nc(-c2nnc3n2CCC(CN)C3)c2ccccc21. The highest BCUT2D eigenvalue weighted by molar-refractivity contribution is 5.91. The number of aromatic nitrogens is 5. The molecule has 6 nitrogen and oxygen atoms in total. The van der Waals surface area contributed by atoms with Gasteiger partial charge in [0.05, 0.1) is 5.52 Å². The second-order valence-corrected chi connectivity index (χ2v) is 5.68. The van der Waals surface area contributed by atoms with E-state index in [0.717, 1.165) is 47.6 Å². The average molecular weight is 282 g/mol. The summed E-state index contributed by atoms with van der Waals surface area (Å²) in [5, 5.41) is 14.5. The van der Waals surface area contributed by atoms with E-state index in [2.05, 4.69) is 32.0 Å². The van der Waals surface area contributed by atoms with E-state index in [-0.39, 0.29) is 0 Å². The minimum Gasteiger partial charge on any atom is -0.330 e. The monoisotopic (exact) mass is 282 g/mol. The fraction of sp³-hybridized carbons (Fsp3) is 0.400. The maximum Gasteiger partial charge on any atom is 0.185 e. The van der Waals surface area contributed by atoms with Crippen molar-refractivity contribution in [3.05, 3.63) is 30.1 Å². The molecule has 1 atom stereocenters. The molecule has 1 aliphatic heterocycles. The molecule has 1 unspecified atom stereocenters. The van der Waals surface area contributed by atoms with Gasteiger partial charge in [-0.3, -0.25) is 4.68 Å². The van der Waals surface area contributed by atoms with E-state index in [4.69, 9.17) is 5.73 Å². The summed E-state index contributed by atoms with van der Waals surface area (Å²) < 4.78 is 4.10. The van der Waals surface area contributed by atoms with Crippen LogP contribution in [0.1, 0.15) is 12.2 Å². The van der Waals surface area contributed by atoms with Crippen molar-refractivity contribution in [1.29, 1.82) is 0 Å². The molecule has 3 aromatic rings. The highest BCUT2D eigenvalue weighted by Crippen LogP contribution is 2.29. The molecule has 0 amide bonds. The zero-order valence-electron chi connectivity index (χ0n) is 12.0. The van der Waals surface area contributed by atoms with Gasteiger partial charge in [-0.15, -0.1) is 10.2 Å². The molecule has 4 rings (SSSR count). The van der Waals surface area contributed by atoms with Crippen LogP contribution in [-0.4, -0.2) is 31.1 Å². The van der Waals surface area contributed by atoms with Crippen molar-refractivity contribution >= 4 is 10.9 Å². The summed E-state index contributed by atoms with van der Waals surface area (Å²) in [6, 6.07) is 8.22. The van der Waals surface area contributed by atoms with E-state index in [1.165, 1.54) is 0 Å². The average Bonchev–Trinajstić information content (AvgIpc) is 3.08. The van der Waals surface area contributed by atoms with Crippen LogP contribution in [0.2, 0.25) is 0 Å². The van der Waals surface area contributed by atoms with Crippen LogP contribution in [0.25, 0.3) is 22.4 Å². The van der Waals surface area contributed by atoms with Crippen molar-refractivity contribution in [2.75, 3.05) is 6.54 Å². The summed E-state index contributed by atoms with van der Waals surface area (Å²) in [7, 11) is 1.96. The summed E-state index contributed by atoms with van der Waals surface area (Å²) >= 11 is 0. The predicted octanol–water partition coefficient (Wildman–Crippen LogP) is 1.35. The first-order valence-corrected chi connectivity index (χ1v) is 7.32. The van der Waals surface area contributed by atoms with Gasteiger partial charge in [0.15, 0.2) is 5.82 Å². The number of nitrogens with two attached hydrogens (primary N) is 1. The molecule has 0 spiro atoms. The first-order valence-electron chi connectivity index (χ1n) is 7.32. The second-order valence-electron chi connectivity index (χ2n) is 5.68. The highest BCUT2D eigenvalue weighted by Gasteiger charge is 2.24. The zero-order valence-corrected chi connectivity index (χ0v) is 12.0. The molecule has 6 heteroatoms. The smallest absolute Gasteiger partial charge is 0.185 e. The van der Waals surface area contributed by atoms with Gasteiger partial charge in [0.25, 0.3) is 0 Å². The standard InChI is InChI=1S/C15H18N6/c1-20-12-5-3-2-4-11(12)14(19-20)15-18-17-13-8-10(9-16)6-7-21(13)15/h2-5,10H,6-9,16H2,1H3. The Kier molecular flexibility index (Phi) is 2.78. The molecule has 21 heavy (non-hydrogen) atoms. The lowest BCUT2D eigenvalue weighted by Crippen LogP contribution is -2.25. The van der Waals surface area contributed by atoms with Crippen LogP contribution in [0.4, 0.5) is 0 Å². The number of rotatable bonds is 2. The number of para-hydroxylation sites is 1. The largest absolute Gasteiger partial charge is 0.330 e. The first kappa shape index (κ1) is 12.5. The lowest BCUT2D eigenvalue weighted by Gasteiger charge is -2.21. The molecular formula is C15H18N6. The fourth-order valence-electron chi connectivity index (χ4n) is 3.15. The van der Waals surface area contributed by atoms with Crippen molar-refractivity contribution in [1.82, 2.24) is 24.5 Å². The summed E-state index contributed by atoms with van der Waals surface area (Å²) in [5.41, 5.74) is 7.81. The third-order valence-electron chi connectivity index (χ3n) is 4.36. The minimum atomic E-state index is 0.523. The van der Waals surface area contributed by atoms with Gasteiger partial charge < -0.3 is 10.3 Å². The zero-order chi connectivity index (χ0) is 14.4. The van der Waals surface area contributed by atoms with Gasteiger partial charge in [0, 0.05) is 25.4 Å². The van der Waals surface area contributed by atoms with E-state index in [1.807, 2.05) is 23.9 Å². The second kappa shape index (κ2) is 4.66. The van der Waals surface area contributed by atoms with Gasteiger partial charge in [-0.1, -0.05) is 18.2 Å². The van der Waals surface area contributed by atoms with Gasteiger partial charge in [0.1, 0.15) is 11.5 Å². The van der Waals surface area contributed by atoms with Gasteiger partial charge in [-0.2, -0.15) is 5.10 Å². The van der Waals surface area contributed by atoms with Crippen LogP contribution in [-0.2, 0) is 20.0 Å². The van der Waals surface area contributed by atoms with E-state index < -0.39 is 0 Å². The van der Waals surface area contributed by atoms with E-state index >= 15 is 0 Å². The number of benzene rings is 1. The van der Waals surface area contributed by atoms with Crippen LogP contribution in [0, 0.1) is 5.92 Å². The van der Waals surface area contributed by atoms with E-state index in [0.29, 0.717) is 12.5 Å². The lowest BCUT2D eigenvalue weighted by atomic mass is 9.98. The van der Waals surface area contributed by atoms with Crippen molar-refractivity contribution in [2.24, 2.45) is 18.7 Å². The third kappa shape index (κ3) is 1.86. The quantitative estimate of drug-likeness (QED) is 0.770. The summed E-state index contributed by atoms with van der Waals surface area (Å²) in [6.07, 6.45) is 1.99. The molecule has 0 bridgehead atoms. The van der Waals surface area contributed by atoms with Crippen molar-refractivity contribution in [3.63, 3.8) is 0 Å². The maximum absolute atomic E-state index is 5.78. The number of aryl methyl sites for hydroxylation is 1.